The molecule has 0 saturated carbocycles. The summed E-state index contributed by atoms with van der Waals surface area (Å²) in [5.41, 5.74) is 1.45. The SMILES string of the molecule is CC1=NN(c2ccccc2)C(=O)C1C(NC(=O)c1ccccc1)C(Cl)(Cl)Cl. The van der Waals surface area contributed by atoms with Gasteiger partial charge in [-0.15, -0.1) is 0 Å². The van der Waals surface area contributed by atoms with E-state index in [9.17, 15) is 9.59 Å². The first-order valence-electron chi connectivity index (χ1n) is 8.16. The zero-order chi connectivity index (χ0) is 19.6. The second kappa shape index (κ2) is 7.89. The molecule has 0 aromatic heterocycles. The van der Waals surface area contributed by atoms with Gasteiger partial charge >= 0.3 is 0 Å². The number of anilines is 1. The van der Waals surface area contributed by atoms with Gasteiger partial charge in [-0.25, -0.2) is 5.01 Å². The van der Waals surface area contributed by atoms with E-state index in [1.54, 1.807) is 61.5 Å². The van der Waals surface area contributed by atoms with Crippen LogP contribution in [-0.4, -0.2) is 27.4 Å². The first kappa shape index (κ1) is 19.7. The Morgan fingerprint density at radius 1 is 1.07 bits per heavy atom. The zero-order valence-corrected chi connectivity index (χ0v) is 16.5. The van der Waals surface area contributed by atoms with E-state index in [0.717, 1.165) is 0 Å². The number of para-hydroxylation sites is 1. The summed E-state index contributed by atoms with van der Waals surface area (Å²) in [7, 11) is 0. The lowest BCUT2D eigenvalue weighted by Crippen LogP contribution is -2.53. The van der Waals surface area contributed by atoms with Crippen molar-refractivity contribution < 1.29 is 9.59 Å². The molecule has 0 radical (unpaired) electrons. The Morgan fingerprint density at radius 2 is 1.63 bits per heavy atom. The summed E-state index contributed by atoms with van der Waals surface area (Å²) < 4.78 is -1.91. The molecule has 1 aliphatic heterocycles. The third-order valence-electron chi connectivity index (χ3n) is 4.19. The summed E-state index contributed by atoms with van der Waals surface area (Å²) in [4.78, 5) is 25.6. The second-order valence-electron chi connectivity index (χ2n) is 6.06. The van der Waals surface area contributed by atoms with Gasteiger partial charge in [-0.1, -0.05) is 71.2 Å². The molecule has 27 heavy (non-hydrogen) atoms. The standard InChI is InChI=1S/C19H16Cl3N3O2/c1-12-15(18(27)25(24-12)14-10-6-3-7-11-14)16(19(20,21)22)23-17(26)13-8-4-2-5-9-13/h2-11,15-16H,1H3,(H,23,26). The topological polar surface area (TPSA) is 61.8 Å². The molecule has 1 N–H and O–H groups in total. The van der Waals surface area contributed by atoms with E-state index in [4.69, 9.17) is 34.8 Å². The Balaban J connectivity index is 1.89. The predicted molar refractivity (Wildman–Crippen MR) is 109 cm³/mol. The average molecular weight is 425 g/mol. The zero-order valence-electron chi connectivity index (χ0n) is 14.3. The number of hydrogen-bond donors (Lipinski definition) is 1. The van der Waals surface area contributed by atoms with Crippen LogP contribution < -0.4 is 10.3 Å². The molecule has 0 bridgehead atoms. The van der Waals surface area contributed by atoms with Gasteiger partial charge in [0.15, 0.2) is 0 Å². The molecule has 3 rings (SSSR count). The van der Waals surface area contributed by atoms with Crippen LogP contribution in [-0.2, 0) is 4.79 Å². The van der Waals surface area contributed by atoms with Crippen LogP contribution in [0.1, 0.15) is 17.3 Å². The normalized spacial score (nSPS) is 18.2. The van der Waals surface area contributed by atoms with E-state index in [0.29, 0.717) is 17.0 Å². The Labute approximate surface area is 171 Å². The number of nitrogens with zero attached hydrogens (tertiary/aromatic N) is 2. The van der Waals surface area contributed by atoms with Gasteiger partial charge in [0, 0.05) is 5.56 Å². The van der Waals surface area contributed by atoms with Crippen LogP contribution in [0.25, 0.3) is 0 Å². The number of hydrazone groups is 1. The van der Waals surface area contributed by atoms with Crippen molar-refractivity contribution in [3.05, 3.63) is 66.2 Å². The maximum atomic E-state index is 13.0. The van der Waals surface area contributed by atoms with Crippen LogP contribution in [0.2, 0.25) is 0 Å². The summed E-state index contributed by atoms with van der Waals surface area (Å²) in [6.07, 6.45) is 0. The minimum Gasteiger partial charge on any atom is -0.344 e. The number of carbonyl (C=O) groups is 2. The van der Waals surface area contributed by atoms with Crippen molar-refractivity contribution in [2.24, 2.45) is 11.0 Å². The second-order valence-corrected chi connectivity index (χ2v) is 8.43. The van der Waals surface area contributed by atoms with E-state index in [-0.39, 0.29) is 5.91 Å². The molecule has 1 aliphatic rings. The highest BCUT2D eigenvalue weighted by Crippen LogP contribution is 2.38. The number of nitrogens with one attached hydrogen (secondary N) is 1. The molecule has 2 aromatic rings. The number of alkyl halides is 3. The van der Waals surface area contributed by atoms with Crippen LogP contribution in [0.4, 0.5) is 5.69 Å². The smallest absolute Gasteiger partial charge is 0.258 e. The van der Waals surface area contributed by atoms with Gasteiger partial charge in [0.2, 0.25) is 3.79 Å². The van der Waals surface area contributed by atoms with E-state index >= 15 is 0 Å². The molecule has 0 spiro atoms. The molecule has 2 unspecified atom stereocenters. The molecule has 2 aromatic carbocycles. The molecule has 0 aliphatic carbocycles. The highest BCUT2D eigenvalue weighted by molar-refractivity contribution is 6.68. The van der Waals surface area contributed by atoms with Gasteiger partial charge in [0.05, 0.1) is 17.4 Å². The molecule has 2 amide bonds. The third-order valence-corrected chi connectivity index (χ3v) is 4.90. The van der Waals surface area contributed by atoms with Gasteiger partial charge in [0.25, 0.3) is 11.8 Å². The van der Waals surface area contributed by atoms with Gasteiger partial charge in [-0.2, -0.15) is 5.10 Å². The van der Waals surface area contributed by atoms with E-state index in [1.807, 2.05) is 6.07 Å². The van der Waals surface area contributed by atoms with Crippen molar-refractivity contribution >= 4 is 58.0 Å². The van der Waals surface area contributed by atoms with Crippen LogP contribution in [0, 0.1) is 5.92 Å². The lowest BCUT2D eigenvalue weighted by molar-refractivity contribution is -0.120. The van der Waals surface area contributed by atoms with Crippen LogP contribution >= 0.6 is 34.8 Å². The summed E-state index contributed by atoms with van der Waals surface area (Å²) in [5, 5.41) is 8.26. The van der Waals surface area contributed by atoms with Crippen molar-refractivity contribution in [2.45, 2.75) is 16.8 Å². The highest BCUT2D eigenvalue weighted by Gasteiger charge is 2.49. The fourth-order valence-electron chi connectivity index (χ4n) is 2.89. The lowest BCUT2D eigenvalue weighted by Gasteiger charge is -2.30. The number of hydrogen-bond acceptors (Lipinski definition) is 3. The Hall–Kier alpha value is -2.08. The summed E-state index contributed by atoms with van der Waals surface area (Å²) in [5.74, 6) is -1.71. The molecular formula is C19H16Cl3N3O2. The predicted octanol–water partition coefficient (Wildman–Crippen LogP) is 4.19. The van der Waals surface area contributed by atoms with E-state index < -0.39 is 21.7 Å². The summed E-state index contributed by atoms with van der Waals surface area (Å²) in [6, 6.07) is 16.4. The van der Waals surface area contributed by atoms with Crippen molar-refractivity contribution in [1.82, 2.24) is 5.32 Å². The molecule has 140 valence electrons. The number of benzene rings is 2. The molecule has 0 saturated heterocycles. The summed E-state index contributed by atoms with van der Waals surface area (Å²) in [6.45, 7) is 1.67. The first-order valence-corrected chi connectivity index (χ1v) is 9.29. The van der Waals surface area contributed by atoms with Crippen LogP contribution in [0.15, 0.2) is 65.8 Å². The number of halogens is 3. The third kappa shape index (κ3) is 4.26. The van der Waals surface area contributed by atoms with Crippen LogP contribution in [0.3, 0.4) is 0 Å². The number of amides is 2. The Bertz CT molecular complexity index is 867. The summed E-state index contributed by atoms with van der Waals surface area (Å²) >= 11 is 18.4. The maximum Gasteiger partial charge on any atom is 0.258 e. The largest absolute Gasteiger partial charge is 0.344 e. The minimum absolute atomic E-state index is 0.372. The quantitative estimate of drug-likeness (QED) is 0.748. The minimum atomic E-state index is -1.91. The van der Waals surface area contributed by atoms with Crippen molar-refractivity contribution in [3.63, 3.8) is 0 Å². The monoisotopic (exact) mass is 423 g/mol. The van der Waals surface area contributed by atoms with Crippen molar-refractivity contribution in [3.8, 4) is 0 Å². The molecule has 8 heteroatoms. The highest BCUT2D eigenvalue weighted by atomic mass is 35.6. The van der Waals surface area contributed by atoms with Gasteiger partial charge in [0.1, 0.15) is 5.92 Å². The van der Waals surface area contributed by atoms with Crippen LogP contribution in [0.5, 0.6) is 0 Å². The average Bonchev–Trinajstić information content (AvgIpc) is 2.94. The van der Waals surface area contributed by atoms with Gasteiger partial charge < -0.3 is 5.32 Å². The molecule has 1 heterocycles. The number of carbonyl (C=O) groups excluding carboxylic acids is 2. The number of rotatable bonds is 4. The van der Waals surface area contributed by atoms with Crippen molar-refractivity contribution in [2.75, 3.05) is 5.01 Å². The molecule has 5 nitrogen and oxygen atoms in total. The molecule has 0 fully saturated rings. The first-order chi connectivity index (χ1) is 12.8. The van der Waals surface area contributed by atoms with E-state index in [2.05, 4.69) is 10.4 Å². The fourth-order valence-corrected chi connectivity index (χ4v) is 3.43. The Kier molecular flexibility index (Phi) is 5.75. The lowest BCUT2D eigenvalue weighted by atomic mass is 9.95. The van der Waals surface area contributed by atoms with Gasteiger partial charge in [-0.05, 0) is 31.2 Å². The van der Waals surface area contributed by atoms with Crippen molar-refractivity contribution in [1.29, 1.82) is 0 Å². The molecular weight excluding hydrogens is 409 g/mol. The Morgan fingerprint density at radius 3 is 2.19 bits per heavy atom. The molecule has 2 atom stereocenters. The van der Waals surface area contributed by atoms with Gasteiger partial charge in [-0.3, -0.25) is 9.59 Å². The maximum absolute atomic E-state index is 13.0. The fraction of sp³-hybridized carbons (Fsp3) is 0.211. The van der Waals surface area contributed by atoms with E-state index in [1.165, 1.54) is 5.01 Å².